The third kappa shape index (κ3) is 2.34. The summed E-state index contributed by atoms with van der Waals surface area (Å²) in [5, 5.41) is 0.450. The number of halogens is 3. The molecule has 3 nitrogen and oxygen atoms in total. The van der Waals surface area contributed by atoms with Gasteiger partial charge in [0.15, 0.2) is 16.3 Å². The Hall–Kier alpha value is -0.140. The Bertz CT molecular complexity index is 492. The molecule has 6 heteroatoms. The molecule has 0 unspecified atom stereocenters. The van der Waals surface area contributed by atoms with Gasteiger partial charge in [-0.3, -0.25) is 0 Å². The van der Waals surface area contributed by atoms with Gasteiger partial charge in [0.1, 0.15) is 5.15 Å². The molecule has 0 N–H and O–H groups in total. The highest BCUT2D eigenvalue weighted by Gasteiger charge is 2.11. The molecular weight excluding hydrogens is 394 g/mol. The lowest BCUT2D eigenvalue weighted by Crippen LogP contribution is -1.95. The maximum Gasteiger partial charge on any atom is 0.197 e. The Balaban J connectivity index is 2.55. The summed E-state index contributed by atoms with van der Waals surface area (Å²) in [6, 6.07) is 3.59. The lowest BCUT2D eigenvalue weighted by molar-refractivity contribution is 0.551. The molecule has 2 aromatic rings. The standard InChI is InChI=1S/C9H5BrClIN2O/c1-4-7(12)8(11)14-9(13-4)5-2-3-6(10)15-5/h2-3H,1H3. The summed E-state index contributed by atoms with van der Waals surface area (Å²) in [5.41, 5.74) is 0.845. The molecule has 0 radical (unpaired) electrons. The van der Waals surface area contributed by atoms with Crippen molar-refractivity contribution in [1.82, 2.24) is 9.97 Å². The number of hydrogen-bond acceptors (Lipinski definition) is 3. The van der Waals surface area contributed by atoms with Crippen LogP contribution in [-0.2, 0) is 0 Å². The van der Waals surface area contributed by atoms with Crippen LogP contribution in [0.1, 0.15) is 5.69 Å². The zero-order valence-electron chi connectivity index (χ0n) is 7.59. The molecule has 0 saturated heterocycles. The van der Waals surface area contributed by atoms with E-state index >= 15 is 0 Å². The van der Waals surface area contributed by atoms with E-state index in [1.54, 1.807) is 12.1 Å². The summed E-state index contributed by atoms with van der Waals surface area (Å²) < 4.78 is 6.86. The number of hydrogen-bond donors (Lipinski definition) is 0. The van der Waals surface area contributed by atoms with Gasteiger partial charge in [0.25, 0.3) is 0 Å². The van der Waals surface area contributed by atoms with Crippen LogP contribution in [0.4, 0.5) is 0 Å². The first kappa shape index (κ1) is 11.3. The van der Waals surface area contributed by atoms with E-state index in [-0.39, 0.29) is 0 Å². The van der Waals surface area contributed by atoms with Crippen molar-refractivity contribution in [2.24, 2.45) is 0 Å². The minimum absolute atomic E-state index is 0.450. The SMILES string of the molecule is Cc1nc(-c2ccc(Br)o2)nc(Cl)c1I. The molecule has 0 amide bonds. The highest BCUT2D eigenvalue weighted by atomic mass is 127. The summed E-state index contributed by atoms with van der Waals surface area (Å²) in [7, 11) is 0. The first-order valence-corrected chi connectivity index (χ1v) is 6.28. The van der Waals surface area contributed by atoms with Crippen LogP contribution in [0.2, 0.25) is 5.15 Å². The second-order valence-corrected chi connectivity index (χ2v) is 5.06. The number of furan rings is 1. The van der Waals surface area contributed by atoms with Crippen LogP contribution in [-0.4, -0.2) is 9.97 Å². The highest BCUT2D eigenvalue weighted by Crippen LogP contribution is 2.26. The molecule has 78 valence electrons. The zero-order chi connectivity index (χ0) is 11.0. The Labute approximate surface area is 114 Å². The van der Waals surface area contributed by atoms with Gasteiger partial charge in [-0.25, -0.2) is 9.97 Å². The van der Waals surface area contributed by atoms with Gasteiger partial charge < -0.3 is 4.42 Å². The monoisotopic (exact) mass is 398 g/mol. The van der Waals surface area contributed by atoms with Gasteiger partial charge in [0, 0.05) is 0 Å². The van der Waals surface area contributed by atoms with Crippen LogP contribution >= 0.6 is 50.1 Å². The van der Waals surface area contributed by atoms with Gasteiger partial charge in [-0.2, -0.15) is 0 Å². The van der Waals surface area contributed by atoms with Crippen molar-refractivity contribution in [3.8, 4) is 11.6 Å². The third-order valence-electron chi connectivity index (χ3n) is 1.77. The molecule has 0 saturated carbocycles. The maximum absolute atomic E-state index is 5.96. The average Bonchev–Trinajstić information content (AvgIpc) is 2.60. The molecule has 2 rings (SSSR count). The van der Waals surface area contributed by atoms with Crippen molar-refractivity contribution >= 4 is 50.1 Å². The van der Waals surface area contributed by atoms with Crippen molar-refractivity contribution in [3.63, 3.8) is 0 Å². The highest BCUT2D eigenvalue weighted by molar-refractivity contribution is 14.1. The van der Waals surface area contributed by atoms with Crippen molar-refractivity contribution in [2.45, 2.75) is 6.92 Å². The van der Waals surface area contributed by atoms with Crippen LogP contribution in [0.15, 0.2) is 21.2 Å². The van der Waals surface area contributed by atoms with Gasteiger partial charge in [-0.1, -0.05) is 11.6 Å². The van der Waals surface area contributed by atoms with E-state index in [0.29, 0.717) is 21.4 Å². The first-order chi connectivity index (χ1) is 7.08. The molecule has 0 fully saturated rings. The molecule has 15 heavy (non-hydrogen) atoms. The van der Waals surface area contributed by atoms with Crippen molar-refractivity contribution in [1.29, 1.82) is 0 Å². The van der Waals surface area contributed by atoms with Crippen LogP contribution in [0.5, 0.6) is 0 Å². The molecule has 0 aliphatic heterocycles. The molecule has 2 aromatic heterocycles. The van der Waals surface area contributed by atoms with Gasteiger partial charge >= 0.3 is 0 Å². The van der Waals surface area contributed by atoms with Crippen LogP contribution < -0.4 is 0 Å². The van der Waals surface area contributed by atoms with E-state index < -0.39 is 0 Å². The fraction of sp³-hybridized carbons (Fsp3) is 0.111. The van der Waals surface area contributed by atoms with Crippen molar-refractivity contribution in [3.05, 3.63) is 31.2 Å². The van der Waals surface area contributed by atoms with E-state index in [0.717, 1.165) is 9.26 Å². The minimum Gasteiger partial charge on any atom is -0.446 e. The molecule has 0 bridgehead atoms. The third-order valence-corrected chi connectivity index (χ3v) is 4.08. The summed E-state index contributed by atoms with van der Waals surface area (Å²) in [6.45, 7) is 1.89. The summed E-state index contributed by atoms with van der Waals surface area (Å²) in [4.78, 5) is 8.45. The Morgan fingerprint density at radius 3 is 2.67 bits per heavy atom. The smallest absolute Gasteiger partial charge is 0.197 e. The van der Waals surface area contributed by atoms with Crippen molar-refractivity contribution in [2.75, 3.05) is 0 Å². The largest absolute Gasteiger partial charge is 0.446 e. The quantitative estimate of drug-likeness (QED) is 0.536. The lowest BCUT2D eigenvalue weighted by Gasteiger charge is -2.02. The van der Waals surface area contributed by atoms with E-state index in [9.17, 15) is 0 Å². The first-order valence-electron chi connectivity index (χ1n) is 4.03. The fourth-order valence-corrected chi connectivity index (χ4v) is 1.83. The van der Waals surface area contributed by atoms with Crippen LogP contribution in [0.3, 0.4) is 0 Å². The molecule has 0 aromatic carbocycles. The fourth-order valence-electron chi connectivity index (χ4n) is 1.07. The topological polar surface area (TPSA) is 38.9 Å². The normalized spacial score (nSPS) is 10.7. The van der Waals surface area contributed by atoms with Gasteiger partial charge in [-0.15, -0.1) is 0 Å². The Morgan fingerprint density at radius 2 is 2.13 bits per heavy atom. The van der Waals surface area contributed by atoms with Gasteiger partial charge in [0.2, 0.25) is 0 Å². The van der Waals surface area contributed by atoms with Gasteiger partial charge in [-0.05, 0) is 57.6 Å². The molecule has 0 aliphatic rings. The predicted molar refractivity (Wildman–Crippen MR) is 69.9 cm³/mol. The molecule has 0 spiro atoms. The average molecular weight is 399 g/mol. The number of aromatic nitrogens is 2. The molecule has 2 heterocycles. The lowest BCUT2D eigenvalue weighted by atomic mass is 10.4. The van der Waals surface area contributed by atoms with E-state index in [1.165, 1.54) is 0 Å². The van der Waals surface area contributed by atoms with E-state index in [2.05, 4.69) is 48.5 Å². The second kappa shape index (κ2) is 4.39. The van der Waals surface area contributed by atoms with E-state index in [1.807, 2.05) is 6.92 Å². The molecule has 0 atom stereocenters. The predicted octanol–water partition coefficient (Wildman–Crippen LogP) is 4.07. The molecule has 0 aliphatic carbocycles. The summed E-state index contributed by atoms with van der Waals surface area (Å²) in [6.07, 6.45) is 0. The van der Waals surface area contributed by atoms with Gasteiger partial charge in [0.05, 0.1) is 9.26 Å². The minimum atomic E-state index is 0.450. The van der Waals surface area contributed by atoms with Crippen LogP contribution in [0, 0.1) is 10.5 Å². The Morgan fingerprint density at radius 1 is 1.40 bits per heavy atom. The van der Waals surface area contributed by atoms with Crippen LogP contribution in [0.25, 0.3) is 11.6 Å². The number of aryl methyl sites for hydroxylation is 1. The molecular formula is C9H5BrClIN2O. The summed E-state index contributed by atoms with van der Waals surface area (Å²) in [5.74, 6) is 1.10. The van der Waals surface area contributed by atoms with Crippen molar-refractivity contribution < 1.29 is 4.42 Å². The van der Waals surface area contributed by atoms with E-state index in [4.69, 9.17) is 16.0 Å². The number of rotatable bonds is 1. The summed E-state index contributed by atoms with van der Waals surface area (Å²) >= 11 is 11.3. The maximum atomic E-state index is 5.96. The number of nitrogens with zero attached hydrogens (tertiary/aromatic N) is 2. The zero-order valence-corrected chi connectivity index (χ0v) is 12.1. The Kier molecular flexibility index (Phi) is 3.32. The second-order valence-electron chi connectivity index (χ2n) is 2.84.